The fraction of sp³-hybridized carbons (Fsp3) is 0. The first-order chi connectivity index (χ1) is 17.9. The predicted molar refractivity (Wildman–Crippen MR) is 154 cm³/mol. The summed E-state index contributed by atoms with van der Waals surface area (Å²) in [5.74, 6) is 1.28. The van der Waals surface area contributed by atoms with E-state index in [9.17, 15) is 0 Å². The van der Waals surface area contributed by atoms with Crippen LogP contribution in [0.25, 0.3) is 22.3 Å². The van der Waals surface area contributed by atoms with Gasteiger partial charge in [0.1, 0.15) is 0 Å². The number of hydrogen-bond acceptors (Lipinski definition) is 0. The number of hydrogen-bond donors (Lipinski definition) is 0. The minimum Gasteiger partial charge on any atom is -0.723 e. The van der Waals surface area contributed by atoms with E-state index in [2.05, 4.69) is 147 Å². The first-order valence-corrected chi connectivity index (χ1v) is 12.2. The number of benzene rings is 5. The van der Waals surface area contributed by atoms with Gasteiger partial charge in [-0.3, -0.25) is 5.56 Å². The Hall–Kier alpha value is -2.97. The van der Waals surface area contributed by atoms with Gasteiger partial charge in [-0.15, -0.1) is 12.1 Å². The van der Waals surface area contributed by atoms with Crippen molar-refractivity contribution < 1.29 is 34.7 Å². The van der Waals surface area contributed by atoms with Gasteiger partial charge in [0.15, 0.2) is 0 Å². The molecular formula is C36H30Cr2-6. The Labute approximate surface area is 251 Å². The van der Waals surface area contributed by atoms with E-state index in [0.29, 0.717) is 0 Å². The second-order valence-corrected chi connectivity index (χ2v) is 8.20. The van der Waals surface area contributed by atoms with E-state index in [0.717, 1.165) is 0 Å². The molecule has 0 amide bonds. The molecule has 1 fully saturated rings. The monoisotopic (exact) mass is 566 g/mol. The molecule has 5 aromatic rings. The van der Waals surface area contributed by atoms with Crippen molar-refractivity contribution in [2.24, 2.45) is 0 Å². The molecule has 0 radical (unpaired) electrons. The molecule has 0 unspecified atom stereocenters. The third-order valence-electron chi connectivity index (χ3n) is 5.64. The van der Waals surface area contributed by atoms with Gasteiger partial charge in [-0.25, -0.2) is 0 Å². The van der Waals surface area contributed by atoms with Crippen molar-refractivity contribution in [2.75, 3.05) is 0 Å². The molecule has 0 nitrogen and oxygen atoms in total. The van der Waals surface area contributed by atoms with Crippen molar-refractivity contribution in [3.8, 4) is 22.3 Å². The smallest absolute Gasteiger partial charge is 0 e. The average molecular weight is 567 g/mol. The van der Waals surface area contributed by atoms with E-state index in [1.54, 1.807) is 0 Å². The summed E-state index contributed by atoms with van der Waals surface area (Å²) in [6.07, 6.45) is 10.4. The van der Waals surface area contributed by atoms with Gasteiger partial charge < -0.3 is 38.0 Å². The summed E-state index contributed by atoms with van der Waals surface area (Å²) < 4.78 is 0. The van der Waals surface area contributed by atoms with Crippen molar-refractivity contribution in [1.29, 1.82) is 0 Å². The van der Waals surface area contributed by atoms with Crippen LogP contribution in [0, 0.1) is 38.0 Å². The van der Waals surface area contributed by atoms with Crippen molar-refractivity contribution in [2.45, 2.75) is 0 Å². The largest absolute Gasteiger partial charge is 0.723 e. The third kappa shape index (κ3) is 10.4. The van der Waals surface area contributed by atoms with Crippen LogP contribution in [0.5, 0.6) is 0 Å². The van der Waals surface area contributed by atoms with Crippen molar-refractivity contribution in [3.63, 3.8) is 0 Å². The summed E-state index contributed by atoms with van der Waals surface area (Å²) in [6, 6.07) is 52.0. The second kappa shape index (κ2) is 18.3. The van der Waals surface area contributed by atoms with E-state index in [-0.39, 0.29) is 34.7 Å². The minimum absolute atomic E-state index is 0. The van der Waals surface area contributed by atoms with Gasteiger partial charge in [0.25, 0.3) is 0 Å². The van der Waals surface area contributed by atoms with Crippen LogP contribution < -0.4 is 0 Å². The molecule has 1 aliphatic rings. The van der Waals surface area contributed by atoms with E-state index in [1.807, 2.05) is 36.8 Å². The molecule has 5 aromatic carbocycles. The molecule has 38 heavy (non-hydrogen) atoms. The van der Waals surface area contributed by atoms with Gasteiger partial charge in [-0.2, -0.15) is 12.1 Å². The standard InChI is InChI=1S/3C12H10.2Cr/c3*1-3-7-11(8-4-1)12-9-5-2-6-10-12;;/h3*1-10H;;/q;;-6;;. The van der Waals surface area contributed by atoms with Gasteiger partial charge in [-0.1, -0.05) is 127 Å². The Morgan fingerprint density at radius 1 is 0.316 bits per heavy atom. The van der Waals surface area contributed by atoms with E-state index < -0.39 is 0 Å². The van der Waals surface area contributed by atoms with Crippen LogP contribution in [-0.2, 0) is 34.7 Å². The van der Waals surface area contributed by atoms with E-state index >= 15 is 0 Å². The summed E-state index contributed by atoms with van der Waals surface area (Å²) in [7, 11) is 0. The van der Waals surface area contributed by atoms with Gasteiger partial charge in [-0.05, 0) is 22.3 Å². The molecule has 0 saturated heterocycles. The fourth-order valence-corrected chi connectivity index (χ4v) is 3.78. The summed E-state index contributed by atoms with van der Waals surface area (Å²) in [6.45, 7) is 0. The Kier molecular flexibility index (Phi) is 15.1. The van der Waals surface area contributed by atoms with Crippen LogP contribution in [0.4, 0.5) is 0 Å². The van der Waals surface area contributed by atoms with Crippen LogP contribution in [0.1, 0.15) is 5.56 Å². The van der Waals surface area contributed by atoms with Crippen molar-refractivity contribution in [3.05, 3.63) is 195 Å². The summed E-state index contributed by atoms with van der Waals surface area (Å²) >= 11 is 0. The predicted octanol–water partition coefficient (Wildman–Crippen LogP) is 9.35. The van der Waals surface area contributed by atoms with Gasteiger partial charge in [0, 0.05) is 34.7 Å². The SMILES string of the molecule is [Cr].[Cr].c1ccc(-c2ccccc2)cc1.c1ccc(-c2ccccc2)cc1.c1ccc([C-]2[CH-][CH-][CH-][CH-][CH-]2)cc1. The summed E-state index contributed by atoms with van der Waals surface area (Å²) in [5, 5.41) is 0. The van der Waals surface area contributed by atoms with Crippen molar-refractivity contribution >= 4 is 0 Å². The Balaban J connectivity index is 0.000000195. The second-order valence-electron chi connectivity index (χ2n) is 8.20. The molecule has 0 spiro atoms. The molecular weight excluding hydrogens is 536 g/mol. The van der Waals surface area contributed by atoms with Crippen LogP contribution in [0.15, 0.2) is 152 Å². The van der Waals surface area contributed by atoms with Crippen LogP contribution >= 0.6 is 0 Å². The van der Waals surface area contributed by atoms with Crippen LogP contribution in [0.3, 0.4) is 0 Å². The average Bonchev–Trinajstić information content (AvgIpc) is 3.01. The molecule has 2 heteroatoms. The normalized spacial score (nSPS) is 11.7. The van der Waals surface area contributed by atoms with E-state index in [4.69, 9.17) is 0 Å². The molecule has 1 aliphatic carbocycles. The first kappa shape index (κ1) is 31.3. The van der Waals surface area contributed by atoms with Gasteiger partial charge >= 0.3 is 0 Å². The van der Waals surface area contributed by atoms with Gasteiger partial charge in [0.05, 0.1) is 0 Å². The Morgan fingerprint density at radius 3 is 0.868 bits per heavy atom. The third-order valence-corrected chi connectivity index (χ3v) is 5.64. The number of rotatable bonds is 3. The minimum atomic E-state index is 0. The Morgan fingerprint density at radius 2 is 0.579 bits per heavy atom. The topological polar surface area (TPSA) is 0 Å². The maximum absolute atomic E-state index is 2.12. The quantitative estimate of drug-likeness (QED) is 0.191. The molecule has 192 valence electrons. The van der Waals surface area contributed by atoms with E-state index in [1.165, 1.54) is 33.7 Å². The van der Waals surface area contributed by atoms with Gasteiger partial charge in [0.2, 0.25) is 0 Å². The molecule has 0 heterocycles. The molecule has 0 aliphatic heterocycles. The zero-order chi connectivity index (χ0) is 24.7. The zero-order valence-electron chi connectivity index (χ0n) is 21.1. The molecule has 1 saturated carbocycles. The van der Waals surface area contributed by atoms with Crippen LogP contribution in [0.2, 0.25) is 0 Å². The molecule has 0 aromatic heterocycles. The molecule has 0 atom stereocenters. The fourth-order valence-electron chi connectivity index (χ4n) is 3.78. The van der Waals surface area contributed by atoms with Crippen molar-refractivity contribution in [1.82, 2.24) is 0 Å². The molecule has 6 rings (SSSR count). The summed E-state index contributed by atoms with van der Waals surface area (Å²) in [5.41, 5.74) is 6.38. The van der Waals surface area contributed by atoms with Crippen LogP contribution in [-0.4, -0.2) is 0 Å². The molecule has 0 bridgehead atoms. The summed E-state index contributed by atoms with van der Waals surface area (Å²) in [4.78, 5) is 0. The Bertz CT molecular complexity index is 1070. The zero-order valence-corrected chi connectivity index (χ0v) is 23.7. The maximum Gasteiger partial charge on any atom is 0 e. The first-order valence-electron chi connectivity index (χ1n) is 12.2. The maximum atomic E-state index is 2.12. The molecule has 0 N–H and O–H groups in total.